The lowest BCUT2D eigenvalue weighted by atomic mass is 10.1. The second-order valence-corrected chi connectivity index (χ2v) is 10.1. The highest BCUT2D eigenvalue weighted by Crippen LogP contribution is 2.33. The fourth-order valence-electron chi connectivity index (χ4n) is 3.68. The number of anilines is 1. The van der Waals surface area contributed by atoms with E-state index in [0.717, 1.165) is 9.86 Å². The average molecular weight is 642 g/mol. The number of nitrogens with one attached hydrogen (secondary N) is 2. The van der Waals surface area contributed by atoms with E-state index in [1.54, 1.807) is 41.1 Å². The molecule has 1 aromatic carbocycles. The van der Waals surface area contributed by atoms with Gasteiger partial charge < -0.3 is 9.55 Å². The van der Waals surface area contributed by atoms with E-state index in [1.807, 2.05) is 18.2 Å². The van der Waals surface area contributed by atoms with Crippen LogP contribution < -0.4 is 16.3 Å². The highest BCUT2D eigenvalue weighted by atomic mass is 79.9. The highest BCUT2D eigenvalue weighted by molar-refractivity contribution is 9.10. The summed E-state index contributed by atoms with van der Waals surface area (Å²) in [5.41, 5.74) is 0.586. The first-order valence-corrected chi connectivity index (χ1v) is 13.1. The van der Waals surface area contributed by atoms with Crippen LogP contribution in [0.15, 0.2) is 93.3 Å². The number of hydrogen-bond donors (Lipinski definition) is 2. The normalized spacial score (nSPS) is 11.2. The van der Waals surface area contributed by atoms with Gasteiger partial charge in [0.1, 0.15) is 16.9 Å². The van der Waals surface area contributed by atoms with E-state index in [4.69, 9.17) is 0 Å². The fraction of sp³-hybridized carbons (Fsp3) is 0.0385. The van der Waals surface area contributed by atoms with Crippen molar-refractivity contribution >= 4 is 60.4 Å². The number of H-pyrrole nitrogens is 1. The maximum atomic E-state index is 12.8. The Labute approximate surface area is 239 Å². The van der Waals surface area contributed by atoms with Crippen molar-refractivity contribution in [2.24, 2.45) is 0 Å². The number of halogens is 4. The van der Waals surface area contributed by atoms with Gasteiger partial charge in [-0.25, -0.2) is 9.97 Å². The van der Waals surface area contributed by atoms with Crippen LogP contribution in [0.1, 0.15) is 15.4 Å². The van der Waals surface area contributed by atoms with Crippen LogP contribution in [0.5, 0.6) is 0 Å². The lowest BCUT2D eigenvalue weighted by Gasteiger charge is -2.12. The first-order valence-electron chi connectivity index (χ1n) is 11.5. The molecule has 0 unspecified atom stereocenters. The zero-order valence-electron chi connectivity index (χ0n) is 20.4. The summed E-state index contributed by atoms with van der Waals surface area (Å²) in [4.78, 5) is 47.2. The van der Waals surface area contributed by atoms with Crippen molar-refractivity contribution in [2.45, 2.75) is 6.18 Å². The molecule has 206 valence electrons. The number of benzene rings is 1. The Morgan fingerprint density at radius 1 is 0.976 bits per heavy atom. The number of amides is 1. The molecule has 6 rings (SSSR count). The number of aromatic amines is 1. The molecule has 41 heavy (non-hydrogen) atoms. The number of nitrogens with zero attached hydrogens (tertiary/aromatic N) is 5. The average Bonchev–Trinajstić information content (AvgIpc) is 3.43. The van der Waals surface area contributed by atoms with Crippen molar-refractivity contribution in [3.63, 3.8) is 0 Å². The predicted octanol–water partition coefficient (Wildman–Crippen LogP) is 5.19. The molecule has 0 spiro atoms. The summed E-state index contributed by atoms with van der Waals surface area (Å²) in [6, 6.07) is 17.1. The first kappa shape index (κ1) is 27.8. The van der Waals surface area contributed by atoms with E-state index in [-0.39, 0.29) is 33.0 Å². The Morgan fingerprint density at radius 3 is 2.51 bits per heavy atom. The minimum absolute atomic E-state index is 0.115. The third-order valence-corrected chi connectivity index (χ3v) is 6.85. The van der Waals surface area contributed by atoms with Crippen molar-refractivity contribution in [3.05, 3.63) is 115 Å². The van der Waals surface area contributed by atoms with Gasteiger partial charge in [-0.2, -0.15) is 13.2 Å². The van der Waals surface area contributed by atoms with Crippen LogP contribution in [0.4, 0.5) is 18.3 Å². The standard InChI is InChI=1S/C18H9BrF3N5O2S.C8H6N2O/c19-9-3-1-4-10(7-9)27-8-12(13(28)11-5-2-6-23-14(11)27)15(29)24-17-26-25-16(30-17)18(20,21)22;11-7-4-3-6-2-1-5-9-8(6)10-7/h1-8H,(H,24,26,29);1-5H,(H,9,10,11). The Balaban J connectivity index is 0.000000255. The maximum absolute atomic E-state index is 12.8. The molecular weight excluding hydrogens is 627 g/mol. The molecule has 15 heteroatoms. The van der Waals surface area contributed by atoms with Gasteiger partial charge in [0.05, 0.1) is 5.39 Å². The molecule has 0 radical (unpaired) electrons. The minimum atomic E-state index is -4.68. The Bertz CT molecular complexity index is 2020. The molecule has 10 nitrogen and oxygen atoms in total. The van der Waals surface area contributed by atoms with E-state index < -0.39 is 22.5 Å². The molecule has 0 bridgehead atoms. The Kier molecular flexibility index (Phi) is 7.72. The molecule has 0 aliphatic rings. The van der Waals surface area contributed by atoms with E-state index in [9.17, 15) is 27.6 Å². The lowest BCUT2D eigenvalue weighted by molar-refractivity contribution is -0.138. The van der Waals surface area contributed by atoms with Crippen LogP contribution in [0.2, 0.25) is 0 Å². The predicted molar refractivity (Wildman–Crippen MR) is 150 cm³/mol. The smallest absolute Gasteiger partial charge is 0.307 e. The first-order chi connectivity index (χ1) is 19.6. The molecule has 6 aromatic rings. The summed E-state index contributed by atoms with van der Waals surface area (Å²) < 4.78 is 40.4. The number of alkyl halides is 3. The van der Waals surface area contributed by atoms with Gasteiger partial charge in [-0.15, -0.1) is 10.2 Å². The topological polar surface area (TPSA) is 136 Å². The van der Waals surface area contributed by atoms with E-state index >= 15 is 0 Å². The van der Waals surface area contributed by atoms with Crippen LogP contribution in [-0.2, 0) is 6.18 Å². The number of fused-ring (bicyclic) bond motifs is 2. The summed E-state index contributed by atoms with van der Waals surface area (Å²) in [5.74, 6) is -0.903. The summed E-state index contributed by atoms with van der Waals surface area (Å²) >= 11 is 3.54. The summed E-state index contributed by atoms with van der Waals surface area (Å²) in [6.07, 6.45) is -0.225. The minimum Gasteiger partial charge on any atom is -0.307 e. The molecule has 0 fully saturated rings. The number of carbonyl (C=O) groups excluding carboxylic acids is 1. The van der Waals surface area contributed by atoms with Gasteiger partial charge in [-0.05, 0) is 48.5 Å². The Hall–Kier alpha value is -4.76. The van der Waals surface area contributed by atoms with Gasteiger partial charge in [0.2, 0.25) is 21.1 Å². The maximum Gasteiger partial charge on any atom is 0.445 e. The number of hydrogen-bond acceptors (Lipinski definition) is 8. The third-order valence-electron chi connectivity index (χ3n) is 5.48. The molecule has 0 saturated heterocycles. The van der Waals surface area contributed by atoms with Gasteiger partial charge in [0, 0.05) is 40.2 Å². The molecule has 0 aliphatic carbocycles. The van der Waals surface area contributed by atoms with Gasteiger partial charge in [0.25, 0.3) is 5.91 Å². The van der Waals surface area contributed by atoms with Gasteiger partial charge in [-0.3, -0.25) is 19.7 Å². The van der Waals surface area contributed by atoms with Gasteiger partial charge in [0.15, 0.2) is 0 Å². The van der Waals surface area contributed by atoms with Gasteiger partial charge in [-0.1, -0.05) is 33.3 Å². The van der Waals surface area contributed by atoms with Crippen LogP contribution in [0, 0.1) is 0 Å². The SMILES string of the molecule is O=C(Nc1nnc(C(F)(F)F)s1)c1cn(-c2cccc(Br)c2)c2ncccc2c1=O.O=c1ccc2cccnc2[nH]1. The second kappa shape index (κ2) is 11.4. The van der Waals surface area contributed by atoms with Crippen molar-refractivity contribution in [1.82, 2.24) is 29.7 Å². The summed E-state index contributed by atoms with van der Waals surface area (Å²) in [7, 11) is 0. The number of pyridine rings is 4. The van der Waals surface area contributed by atoms with Crippen molar-refractivity contribution in [1.29, 1.82) is 0 Å². The fourth-order valence-corrected chi connectivity index (χ4v) is 4.67. The molecule has 2 N–H and O–H groups in total. The zero-order chi connectivity index (χ0) is 29.1. The van der Waals surface area contributed by atoms with Crippen molar-refractivity contribution in [3.8, 4) is 5.69 Å². The van der Waals surface area contributed by atoms with Crippen molar-refractivity contribution < 1.29 is 18.0 Å². The van der Waals surface area contributed by atoms with Crippen LogP contribution in [0.3, 0.4) is 0 Å². The van der Waals surface area contributed by atoms with E-state index in [2.05, 4.69) is 46.4 Å². The van der Waals surface area contributed by atoms with Crippen LogP contribution in [-0.4, -0.2) is 35.6 Å². The third kappa shape index (κ3) is 6.20. The van der Waals surface area contributed by atoms with E-state index in [0.29, 0.717) is 17.0 Å². The molecule has 5 heterocycles. The molecule has 0 atom stereocenters. The lowest BCUT2D eigenvalue weighted by Crippen LogP contribution is -2.24. The number of carbonyl (C=O) groups is 1. The largest absolute Gasteiger partial charge is 0.445 e. The summed E-state index contributed by atoms with van der Waals surface area (Å²) in [5, 5.41) is 8.10. The van der Waals surface area contributed by atoms with E-state index in [1.165, 1.54) is 24.5 Å². The zero-order valence-corrected chi connectivity index (χ0v) is 22.8. The summed E-state index contributed by atoms with van der Waals surface area (Å²) in [6.45, 7) is 0. The second-order valence-electron chi connectivity index (χ2n) is 8.22. The number of rotatable bonds is 3. The monoisotopic (exact) mass is 641 g/mol. The highest BCUT2D eigenvalue weighted by Gasteiger charge is 2.36. The van der Waals surface area contributed by atoms with Gasteiger partial charge >= 0.3 is 6.18 Å². The van der Waals surface area contributed by atoms with Crippen LogP contribution >= 0.6 is 27.3 Å². The van der Waals surface area contributed by atoms with Crippen LogP contribution in [0.25, 0.3) is 27.8 Å². The van der Waals surface area contributed by atoms with Crippen molar-refractivity contribution in [2.75, 3.05) is 5.32 Å². The molecule has 5 aromatic heterocycles. The molecule has 0 aliphatic heterocycles. The quantitative estimate of drug-likeness (QED) is 0.271. The molecular formula is C26H15BrF3N7O3S. The number of aromatic nitrogens is 6. The molecule has 0 saturated carbocycles. The molecule has 1 amide bonds. The Morgan fingerprint density at radius 2 is 1.76 bits per heavy atom.